The Hall–Kier alpha value is -1.84. The molecule has 4 nitrogen and oxygen atoms in total. The van der Waals surface area contributed by atoms with Crippen LogP contribution in [0.15, 0.2) is 18.2 Å². The van der Waals surface area contributed by atoms with Crippen molar-refractivity contribution in [2.75, 3.05) is 0 Å². The molecular formula is C17H25NO3. The van der Waals surface area contributed by atoms with Crippen LogP contribution in [-0.4, -0.2) is 23.0 Å². The van der Waals surface area contributed by atoms with Crippen LogP contribution < -0.4 is 5.32 Å². The second kappa shape index (κ2) is 7.81. The molecule has 0 aliphatic heterocycles. The third-order valence-corrected chi connectivity index (χ3v) is 3.26. The van der Waals surface area contributed by atoms with Crippen molar-refractivity contribution >= 4 is 11.9 Å². The summed E-state index contributed by atoms with van der Waals surface area (Å²) in [4.78, 5) is 23.0. The quantitative estimate of drug-likeness (QED) is 0.811. The van der Waals surface area contributed by atoms with Crippen LogP contribution >= 0.6 is 0 Å². The van der Waals surface area contributed by atoms with Crippen molar-refractivity contribution in [1.82, 2.24) is 5.32 Å². The number of hydrogen-bond donors (Lipinski definition) is 2. The van der Waals surface area contributed by atoms with Gasteiger partial charge in [0.1, 0.15) is 6.04 Å². The maximum atomic E-state index is 11.9. The van der Waals surface area contributed by atoms with Crippen molar-refractivity contribution in [2.24, 2.45) is 5.92 Å². The highest BCUT2D eigenvalue weighted by Gasteiger charge is 2.20. The Morgan fingerprint density at radius 1 is 1.14 bits per heavy atom. The lowest BCUT2D eigenvalue weighted by Crippen LogP contribution is -2.41. The number of carbonyl (C=O) groups excluding carboxylic acids is 1. The van der Waals surface area contributed by atoms with Gasteiger partial charge >= 0.3 is 5.97 Å². The highest BCUT2D eigenvalue weighted by atomic mass is 16.4. The molecule has 1 rings (SSSR count). The summed E-state index contributed by atoms with van der Waals surface area (Å²) in [6.45, 7) is 7.94. The van der Waals surface area contributed by atoms with Crippen LogP contribution in [-0.2, 0) is 16.0 Å². The number of carboxylic acids is 1. The lowest BCUT2D eigenvalue weighted by Gasteiger charge is -2.16. The molecule has 0 saturated carbocycles. The number of carbonyl (C=O) groups is 2. The summed E-state index contributed by atoms with van der Waals surface area (Å²) in [5, 5.41) is 11.7. The van der Waals surface area contributed by atoms with E-state index in [2.05, 4.69) is 23.5 Å². The number of carboxylic acid groups (broad SMARTS) is 1. The number of aliphatic carboxylic acids is 1. The SMILES string of the molecule is Cc1cc(C)cc(CCC(=O)NC(CC(C)C)C(=O)O)c1. The van der Waals surface area contributed by atoms with Crippen LogP contribution in [0.5, 0.6) is 0 Å². The third kappa shape index (κ3) is 6.43. The molecule has 1 aromatic rings. The van der Waals surface area contributed by atoms with E-state index < -0.39 is 12.0 Å². The smallest absolute Gasteiger partial charge is 0.326 e. The van der Waals surface area contributed by atoms with E-state index in [0.29, 0.717) is 19.3 Å². The first kappa shape index (κ1) is 17.2. The molecule has 2 N–H and O–H groups in total. The highest BCUT2D eigenvalue weighted by Crippen LogP contribution is 2.11. The van der Waals surface area contributed by atoms with E-state index in [0.717, 1.165) is 5.56 Å². The monoisotopic (exact) mass is 291 g/mol. The number of rotatable bonds is 7. The summed E-state index contributed by atoms with van der Waals surface area (Å²) in [6, 6.07) is 5.41. The second-order valence-corrected chi connectivity index (χ2v) is 6.08. The molecule has 1 unspecified atom stereocenters. The maximum absolute atomic E-state index is 11.9. The molecule has 116 valence electrons. The molecule has 0 aliphatic rings. The fourth-order valence-electron chi connectivity index (χ4n) is 2.43. The van der Waals surface area contributed by atoms with Crippen molar-refractivity contribution in [3.63, 3.8) is 0 Å². The number of nitrogens with one attached hydrogen (secondary N) is 1. The molecule has 0 heterocycles. The van der Waals surface area contributed by atoms with Gasteiger partial charge in [0, 0.05) is 6.42 Å². The van der Waals surface area contributed by atoms with E-state index in [-0.39, 0.29) is 11.8 Å². The topological polar surface area (TPSA) is 66.4 Å². The van der Waals surface area contributed by atoms with Crippen LogP contribution in [0.1, 0.15) is 43.4 Å². The fourth-order valence-corrected chi connectivity index (χ4v) is 2.43. The zero-order valence-corrected chi connectivity index (χ0v) is 13.3. The van der Waals surface area contributed by atoms with E-state index in [1.54, 1.807) is 0 Å². The molecule has 4 heteroatoms. The minimum atomic E-state index is -0.969. The average Bonchev–Trinajstić information content (AvgIpc) is 2.33. The van der Waals surface area contributed by atoms with Crippen molar-refractivity contribution in [3.8, 4) is 0 Å². The standard InChI is InChI=1S/C17H25NO3/c1-11(2)7-15(17(20)21)18-16(19)6-5-14-9-12(3)8-13(4)10-14/h8-11,15H,5-7H2,1-4H3,(H,18,19)(H,20,21). The van der Waals surface area contributed by atoms with E-state index in [4.69, 9.17) is 5.11 Å². The first-order valence-electron chi connectivity index (χ1n) is 7.37. The first-order chi connectivity index (χ1) is 9.77. The van der Waals surface area contributed by atoms with Crippen molar-refractivity contribution in [2.45, 2.75) is 53.0 Å². The fraction of sp³-hybridized carbons (Fsp3) is 0.529. The molecule has 0 aliphatic carbocycles. The van der Waals surface area contributed by atoms with E-state index in [9.17, 15) is 9.59 Å². The van der Waals surface area contributed by atoms with Crippen LogP contribution in [0.3, 0.4) is 0 Å². The zero-order chi connectivity index (χ0) is 16.0. The predicted octanol–water partition coefficient (Wildman–Crippen LogP) is 2.85. The van der Waals surface area contributed by atoms with E-state index >= 15 is 0 Å². The summed E-state index contributed by atoms with van der Waals surface area (Å²) < 4.78 is 0. The Labute approximate surface area is 126 Å². The van der Waals surface area contributed by atoms with E-state index in [1.165, 1.54) is 11.1 Å². The van der Waals surface area contributed by atoms with Gasteiger partial charge in [0.05, 0.1) is 0 Å². The molecule has 0 fully saturated rings. The van der Waals surface area contributed by atoms with Crippen LogP contribution in [0.4, 0.5) is 0 Å². The zero-order valence-electron chi connectivity index (χ0n) is 13.3. The van der Waals surface area contributed by atoms with Gasteiger partial charge in [-0.2, -0.15) is 0 Å². The normalized spacial score (nSPS) is 12.2. The van der Waals surface area contributed by atoms with E-state index in [1.807, 2.05) is 27.7 Å². The first-order valence-corrected chi connectivity index (χ1v) is 7.37. The average molecular weight is 291 g/mol. The van der Waals surface area contributed by atoms with Gasteiger partial charge < -0.3 is 10.4 Å². The van der Waals surface area contributed by atoms with Gasteiger partial charge in [0.15, 0.2) is 0 Å². The largest absolute Gasteiger partial charge is 0.480 e. The Morgan fingerprint density at radius 3 is 2.19 bits per heavy atom. The van der Waals surface area contributed by atoms with Gasteiger partial charge in [0.25, 0.3) is 0 Å². The van der Waals surface area contributed by atoms with Gasteiger partial charge in [-0.15, -0.1) is 0 Å². The number of benzene rings is 1. The molecule has 0 aromatic heterocycles. The maximum Gasteiger partial charge on any atom is 0.326 e. The Balaban J connectivity index is 2.54. The molecule has 0 bridgehead atoms. The van der Waals surface area contributed by atoms with Gasteiger partial charge in [-0.05, 0) is 38.2 Å². The van der Waals surface area contributed by atoms with Crippen molar-refractivity contribution < 1.29 is 14.7 Å². The summed E-state index contributed by atoms with van der Waals surface area (Å²) in [5.74, 6) is -0.948. The molecule has 1 aromatic carbocycles. The lowest BCUT2D eigenvalue weighted by molar-refractivity contribution is -0.142. The molecular weight excluding hydrogens is 266 g/mol. The minimum Gasteiger partial charge on any atom is -0.480 e. The number of hydrogen-bond acceptors (Lipinski definition) is 2. The summed E-state index contributed by atoms with van der Waals surface area (Å²) >= 11 is 0. The Kier molecular flexibility index (Phi) is 6.40. The third-order valence-electron chi connectivity index (χ3n) is 3.26. The Bertz CT molecular complexity index is 489. The van der Waals surface area contributed by atoms with Gasteiger partial charge in [-0.3, -0.25) is 4.79 Å². The summed E-state index contributed by atoms with van der Waals surface area (Å²) in [5.41, 5.74) is 3.46. The molecule has 1 atom stereocenters. The van der Waals surface area contributed by atoms with Gasteiger partial charge in [0.2, 0.25) is 5.91 Å². The molecule has 0 spiro atoms. The molecule has 1 amide bonds. The molecule has 0 radical (unpaired) electrons. The lowest BCUT2D eigenvalue weighted by atomic mass is 10.0. The highest BCUT2D eigenvalue weighted by molar-refractivity contribution is 5.83. The van der Waals surface area contributed by atoms with Crippen LogP contribution in [0, 0.1) is 19.8 Å². The summed E-state index contributed by atoms with van der Waals surface area (Å²) in [6.07, 6.45) is 1.39. The Morgan fingerprint density at radius 2 is 1.71 bits per heavy atom. The van der Waals surface area contributed by atoms with Crippen molar-refractivity contribution in [1.29, 1.82) is 0 Å². The number of amides is 1. The second-order valence-electron chi connectivity index (χ2n) is 6.08. The minimum absolute atomic E-state index is 0.206. The van der Waals surface area contributed by atoms with Crippen LogP contribution in [0.2, 0.25) is 0 Å². The summed E-state index contributed by atoms with van der Waals surface area (Å²) in [7, 11) is 0. The van der Waals surface area contributed by atoms with Gasteiger partial charge in [-0.25, -0.2) is 4.79 Å². The predicted molar refractivity (Wildman–Crippen MR) is 83.3 cm³/mol. The van der Waals surface area contributed by atoms with Crippen molar-refractivity contribution in [3.05, 3.63) is 34.9 Å². The molecule has 21 heavy (non-hydrogen) atoms. The molecule has 0 saturated heterocycles. The van der Waals surface area contributed by atoms with Crippen LogP contribution in [0.25, 0.3) is 0 Å². The van der Waals surface area contributed by atoms with Gasteiger partial charge in [-0.1, -0.05) is 43.2 Å². The number of aryl methyl sites for hydroxylation is 3.